The molecule has 168 valence electrons. The molecule has 8 heteroatoms. The van der Waals surface area contributed by atoms with Crippen molar-refractivity contribution in [3.05, 3.63) is 82.9 Å². The molecule has 3 aromatic rings. The second-order valence-electron chi connectivity index (χ2n) is 7.33. The number of methoxy groups -OCH3 is 3. The maximum absolute atomic E-state index is 13.1. The van der Waals surface area contributed by atoms with Crippen molar-refractivity contribution >= 4 is 23.4 Å². The number of hydrogen-bond donors (Lipinski definition) is 1. The highest BCUT2D eigenvalue weighted by molar-refractivity contribution is 6.21. The molecule has 3 amide bonds. The van der Waals surface area contributed by atoms with Gasteiger partial charge in [0, 0.05) is 23.9 Å². The van der Waals surface area contributed by atoms with E-state index in [2.05, 4.69) is 5.32 Å². The molecule has 0 aromatic heterocycles. The van der Waals surface area contributed by atoms with Crippen molar-refractivity contribution in [1.82, 2.24) is 4.90 Å². The predicted octanol–water partition coefficient (Wildman–Crippen LogP) is 3.76. The molecule has 0 bridgehead atoms. The maximum Gasteiger partial charge on any atom is 0.261 e. The Morgan fingerprint density at radius 1 is 0.818 bits per heavy atom. The lowest BCUT2D eigenvalue weighted by atomic mass is 10.1. The Labute approximate surface area is 190 Å². The Morgan fingerprint density at radius 2 is 1.42 bits per heavy atom. The molecule has 1 aliphatic heterocycles. The molecule has 3 aromatic carbocycles. The van der Waals surface area contributed by atoms with Gasteiger partial charge in [0.1, 0.15) is 17.2 Å². The standard InChI is InChI=1S/C25H22N2O6/c1-31-17-11-16(12-18(13-17)32-2)26-23(28)21-10-15(8-9-22(21)33-3)14-27-24(29)19-6-4-5-7-20(19)25(27)30/h4-13H,14H2,1-3H3,(H,26,28). The van der Waals surface area contributed by atoms with E-state index in [0.717, 1.165) is 0 Å². The van der Waals surface area contributed by atoms with Crippen LogP contribution in [0.1, 0.15) is 36.6 Å². The van der Waals surface area contributed by atoms with Crippen LogP contribution in [0.2, 0.25) is 0 Å². The molecule has 1 aliphatic rings. The van der Waals surface area contributed by atoms with Crippen LogP contribution in [-0.2, 0) is 6.54 Å². The molecule has 4 rings (SSSR count). The Balaban J connectivity index is 1.60. The van der Waals surface area contributed by atoms with E-state index in [-0.39, 0.29) is 23.9 Å². The van der Waals surface area contributed by atoms with E-state index in [4.69, 9.17) is 14.2 Å². The number of imide groups is 1. The summed E-state index contributed by atoms with van der Waals surface area (Å²) in [5, 5.41) is 2.81. The van der Waals surface area contributed by atoms with Crippen molar-refractivity contribution in [2.45, 2.75) is 6.54 Å². The fourth-order valence-corrected chi connectivity index (χ4v) is 3.67. The largest absolute Gasteiger partial charge is 0.497 e. The number of amides is 3. The first-order chi connectivity index (χ1) is 15.9. The third kappa shape index (κ3) is 4.23. The zero-order valence-corrected chi connectivity index (χ0v) is 18.4. The van der Waals surface area contributed by atoms with Crippen LogP contribution >= 0.6 is 0 Å². The van der Waals surface area contributed by atoms with Gasteiger partial charge in [-0.2, -0.15) is 0 Å². The van der Waals surface area contributed by atoms with Crippen LogP contribution in [0.4, 0.5) is 5.69 Å². The maximum atomic E-state index is 13.1. The molecule has 0 unspecified atom stereocenters. The third-order valence-electron chi connectivity index (χ3n) is 5.34. The summed E-state index contributed by atoms with van der Waals surface area (Å²) in [4.78, 5) is 39.6. The van der Waals surface area contributed by atoms with Gasteiger partial charge in [-0.25, -0.2) is 0 Å². The highest BCUT2D eigenvalue weighted by atomic mass is 16.5. The SMILES string of the molecule is COc1cc(NC(=O)c2cc(CN3C(=O)c4ccccc4C3=O)ccc2OC)cc(OC)c1. The lowest BCUT2D eigenvalue weighted by Crippen LogP contribution is -2.29. The van der Waals surface area contributed by atoms with Gasteiger partial charge in [-0.05, 0) is 29.8 Å². The fourth-order valence-electron chi connectivity index (χ4n) is 3.67. The molecule has 8 nitrogen and oxygen atoms in total. The number of fused-ring (bicyclic) bond motifs is 1. The zero-order chi connectivity index (χ0) is 23.5. The lowest BCUT2D eigenvalue weighted by Gasteiger charge is -2.16. The monoisotopic (exact) mass is 446 g/mol. The highest BCUT2D eigenvalue weighted by Crippen LogP contribution is 2.29. The number of anilines is 1. The smallest absolute Gasteiger partial charge is 0.261 e. The summed E-state index contributed by atoms with van der Waals surface area (Å²) in [6.45, 7) is 0.0314. The van der Waals surface area contributed by atoms with Gasteiger partial charge < -0.3 is 19.5 Å². The normalized spacial score (nSPS) is 12.4. The molecule has 0 saturated heterocycles. The van der Waals surface area contributed by atoms with Gasteiger partial charge in [0.2, 0.25) is 0 Å². The number of nitrogens with one attached hydrogen (secondary N) is 1. The topological polar surface area (TPSA) is 94.2 Å². The third-order valence-corrected chi connectivity index (χ3v) is 5.34. The Hall–Kier alpha value is -4.33. The number of benzene rings is 3. The van der Waals surface area contributed by atoms with Crippen molar-refractivity contribution in [2.24, 2.45) is 0 Å². The minimum absolute atomic E-state index is 0.0314. The number of nitrogens with zero attached hydrogens (tertiary/aromatic N) is 1. The number of carbonyl (C=O) groups is 3. The van der Waals surface area contributed by atoms with Gasteiger partial charge in [-0.15, -0.1) is 0 Å². The summed E-state index contributed by atoms with van der Waals surface area (Å²) < 4.78 is 15.8. The van der Waals surface area contributed by atoms with Gasteiger partial charge in [0.05, 0.1) is 44.6 Å². The van der Waals surface area contributed by atoms with Crippen LogP contribution in [0.25, 0.3) is 0 Å². The van der Waals surface area contributed by atoms with E-state index in [1.54, 1.807) is 60.7 Å². The Bertz CT molecular complexity index is 1200. The van der Waals surface area contributed by atoms with Gasteiger partial charge in [-0.1, -0.05) is 18.2 Å². The van der Waals surface area contributed by atoms with Crippen LogP contribution in [0.5, 0.6) is 17.2 Å². The van der Waals surface area contributed by atoms with E-state index in [1.807, 2.05) is 0 Å². The van der Waals surface area contributed by atoms with Crippen LogP contribution in [0, 0.1) is 0 Å². The van der Waals surface area contributed by atoms with E-state index in [1.165, 1.54) is 26.2 Å². The van der Waals surface area contributed by atoms with Gasteiger partial charge in [0.15, 0.2) is 0 Å². The van der Waals surface area contributed by atoms with Crippen LogP contribution in [0.3, 0.4) is 0 Å². The van der Waals surface area contributed by atoms with E-state index in [9.17, 15) is 14.4 Å². The molecule has 0 radical (unpaired) electrons. The molecule has 0 fully saturated rings. The Morgan fingerprint density at radius 3 is 1.97 bits per heavy atom. The molecular formula is C25H22N2O6. The first-order valence-electron chi connectivity index (χ1n) is 10.1. The molecule has 33 heavy (non-hydrogen) atoms. The quantitative estimate of drug-likeness (QED) is 0.556. The average molecular weight is 446 g/mol. The predicted molar refractivity (Wildman–Crippen MR) is 121 cm³/mol. The van der Waals surface area contributed by atoms with Crippen LogP contribution < -0.4 is 19.5 Å². The second kappa shape index (κ2) is 9.04. The van der Waals surface area contributed by atoms with Gasteiger partial charge in [-0.3, -0.25) is 19.3 Å². The second-order valence-corrected chi connectivity index (χ2v) is 7.33. The number of rotatable bonds is 7. The summed E-state index contributed by atoms with van der Waals surface area (Å²) in [6.07, 6.45) is 0. The first kappa shape index (κ1) is 21.9. The zero-order valence-electron chi connectivity index (χ0n) is 18.4. The van der Waals surface area contributed by atoms with Crippen LogP contribution in [0.15, 0.2) is 60.7 Å². The van der Waals surface area contributed by atoms with Crippen molar-refractivity contribution in [1.29, 1.82) is 0 Å². The molecule has 0 spiro atoms. The molecule has 0 atom stereocenters. The number of ether oxygens (including phenoxy) is 3. The van der Waals surface area contributed by atoms with E-state index in [0.29, 0.717) is 39.6 Å². The highest BCUT2D eigenvalue weighted by Gasteiger charge is 2.35. The minimum Gasteiger partial charge on any atom is -0.497 e. The molecular weight excluding hydrogens is 424 g/mol. The summed E-state index contributed by atoms with van der Waals surface area (Å²) >= 11 is 0. The van der Waals surface area contributed by atoms with E-state index < -0.39 is 5.91 Å². The Kier molecular flexibility index (Phi) is 5.99. The van der Waals surface area contributed by atoms with Crippen molar-refractivity contribution in [3.63, 3.8) is 0 Å². The lowest BCUT2D eigenvalue weighted by molar-refractivity contribution is 0.0642. The number of carbonyl (C=O) groups excluding carboxylic acids is 3. The first-order valence-corrected chi connectivity index (χ1v) is 10.1. The van der Waals surface area contributed by atoms with Gasteiger partial charge >= 0.3 is 0 Å². The van der Waals surface area contributed by atoms with Crippen molar-refractivity contribution in [2.75, 3.05) is 26.6 Å². The van der Waals surface area contributed by atoms with Crippen molar-refractivity contribution in [3.8, 4) is 17.2 Å². The number of hydrogen-bond acceptors (Lipinski definition) is 6. The molecule has 1 N–H and O–H groups in total. The minimum atomic E-state index is -0.425. The van der Waals surface area contributed by atoms with Gasteiger partial charge in [0.25, 0.3) is 17.7 Å². The summed E-state index contributed by atoms with van der Waals surface area (Å²) in [7, 11) is 4.50. The average Bonchev–Trinajstić information content (AvgIpc) is 3.08. The summed E-state index contributed by atoms with van der Waals surface area (Å²) in [6, 6.07) is 16.7. The fraction of sp³-hybridized carbons (Fsp3) is 0.160. The summed E-state index contributed by atoms with van der Waals surface area (Å²) in [5.41, 5.74) is 2.10. The van der Waals surface area contributed by atoms with Crippen molar-refractivity contribution < 1.29 is 28.6 Å². The molecule has 0 saturated carbocycles. The van der Waals surface area contributed by atoms with Crippen LogP contribution in [-0.4, -0.2) is 44.0 Å². The molecule has 0 aliphatic carbocycles. The summed E-state index contributed by atoms with van der Waals surface area (Å²) in [5.74, 6) is 0.258. The molecule has 1 heterocycles. The van der Waals surface area contributed by atoms with E-state index >= 15 is 0 Å².